The number of carbonyl (C=O) groups excluding carboxylic acids is 2. The van der Waals surface area contributed by atoms with Crippen molar-refractivity contribution in [2.75, 3.05) is 58.8 Å². The number of nitrogens with one attached hydrogen (secondary N) is 1. The second-order valence-electron chi connectivity index (χ2n) is 11.9. The molecule has 0 radical (unpaired) electrons. The van der Waals surface area contributed by atoms with Gasteiger partial charge in [-0.15, -0.1) is 15.6 Å². The fraction of sp³-hybridized carbons (Fsp3) is 0.483. The minimum Gasteiger partial charge on any atom is -0.490 e. The number of aromatic nitrogens is 3. The van der Waals surface area contributed by atoms with Crippen LogP contribution in [0.25, 0.3) is 11.1 Å². The summed E-state index contributed by atoms with van der Waals surface area (Å²) >= 11 is 1.09. The van der Waals surface area contributed by atoms with E-state index in [-0.39, 0.29) is 36.2 Å². The molecule has 48 heavy (non-hydrogen) atoms. The first-order chi connectivity index (χ1) is 22.7. The molecule has 19 heteroatoms. The summed E-state index contributed by atoms with van der Waals surface area (Å²) in [5, 5.41) is 13.2. The van der Waals surface area contributed by atoms with Crippen LogP contribution in [0.3, 0.4) is 0 Å². The van der Waals surface area contributed by atoms with Crippen LogP contribution in [0, 0.1) is 0 Å². The van der Waals surface area contributed by atoms with E-state index >= 15 is 0 Å². The van der Waals surface area contributed by atoms with E-state index in [0.29, 0.717) is 10.8 Å². The van der Waals surface area contributed by atoms with Crippen molar-refractivity contribution in [2.24, 2.45) is 5.16 Å². The number of nitrogen functional groups attached to an aromatic ring is 1. The fourth-order valence-corrected chi connectivity index (χ4v) is 5.60. The number of thiazole rings is 1. The van der Waals surface area contributed by atoms with Gasteiger partial charge in [0.2, 0.25) is 6.41 Å². The van der Waals surface area contributed by atoms with Crippen LogP contribution < -0.4 is 15.8 Å². The maximum Gasteiger partial charge on any atom is 0.418 e. The SMILES string of the molecule is CC(NC(=O)/C(=N\OCCOc1ccc(-c2cnn(CC[N+]3(C)CCOCC3)c2)cc1)c1csc(N)n1)C(C)(C)N(C=O)OS(=O)(=O)O. The number of likely N-dealkylation sites (N-methyl/N-ethyl adjacent to an activating group) is 1. The normalized spacial score (nSPS) is 15.8. The first kappa shape index (κ1) is 36.7. The molecule has 0 spiro atoms. The van der Waals surface area contributed by atoms with Crippen molar-refractivity contribution in [1.29, 1.82) is 0 Å². The lowest BCUT2D eigenvalue weighted by Gasteiger charge is -2.37. The van der Waals surface area contributed by atoms with Crippen molar-refractivity contribution in [3.8, 4) is 16.9 Å². The van der Waals surface area contributed by atoms with Gasteiger partial charge in [0.25, 0.3) is 5.91 Å². The molecule has 1 aromatic carbocycles. The number of oxime groups is 1. The van der Waals surface area contributed by atoms with E-state index in [4.69, 9.17) is 24.6 Å². The summed E-state index contributed by atoms with van der Waals surface area (Å²) in [6, 6.07) is 6.64. The van der Waals surface area contributed by atoms with E-state index < -0.39 is 27.9 Å². The molecule has 262 valence electrons. The summed E-state index contributed by atoms with van der Waals surface area (Å²) in [5.74, 6) is -0.146. The molecule has 3 aromatic rings. The molecule has 1 aliphatic rings. The smallest absolute Gasteiger partial charge is 0.418 e. The van der Waals surface area contributed by atoms with Gasteiger partial charge in [0.15, 0.2) is 17.5 Å². The van der Waals surface area contributed by atoms with Crippen LogP contribution in [0.5, 0.6) is 5.75 Å². The molecule has 2 amide bonds. The number of nitrogens with zero attached hydrogens (tertiary/aromatic N) is 6. The molecular weight excluding hydrogens is 669 g/mol. The lowest BCUT2D eigenvalue weighted by Crippen LogP contribution is -2.58. The average molecular weight is 710 g/mol. The van der Waals surface area contributed by atoms with Gasteiger partial charge >= 0.3 is 10.4 Å². The van der Waals surface area contributed by atoms with Gasteiger partial charge in [-0.1, -0.05) is 17.3 Å². The van der Waals surface area contributed by atoms with Crippen LogP contribution in [0.1, 0.15) is 26.5 Å². The topological polar surface area (TPSA) is 210 Å². The number of anilines is 1. The number of hydroxylamine groups is 2. The van der Waals surface area contributed by atoms with Crippen LogP contribution in [0.4, 0.5) is 5.13 Å². The summed E-state index contributed by atoms with van der Waals surface area (Å²) in [5.41, 5.74) is 6.23. The quantitative estimate of drug-likeness (QED) is 0.0453. The molecule has 0 saturated carbocycles. The van der Waals surface area contributed by atoms with Gasteiger partial charge in [0.05, 0.1) is 51.1 Å². The number of rotatable bonds is 17. The highest BCUT2D eigenvalue weighted by Crippen LogP contribution is 2.23. The second kappa shape index (κ2) is 15.8. The molecule has 1 saturated heterocycles. The molecule has 1 aliphatic heterocycles. The molecule has 4 N–H and O–H groups in total. The largest absolute Gasteiger partial charge is 0.490 e. The Labute approximate surface area is 282 Å². The van der Waals surface area contributed by atoms with E-state index in [2.05, 4.69) is 31.9 Å². The molecule has 1 unspecified atom stereocenters. The second-order valence-corrected chi connectivity index (χ2v) is 13.8. The molecule has 1 atom stereocenters. The Morgan fingerprint density at radius 3 is 2.60 bits per heavy atom. The zero-order chi connectivity index (χ0) is 35.0. The summed E-state index contributed by atoms with van der Waals surface area (Å²) in [7, 11) is -2.75. The van der Waals surface area contributed by atoms with Gasteiger partial charge in [-0.2, -0.15) is 18.6 Å². The lowest BCUT2D eigenvalue weighted by molar-refractivity contribution is -0.917. The molecule has 2 aromatic heterocycles. The number of amides is 2. The Morgan fingerprint density at radius 2 is 1.98 bits per heavy atom. The fourth-order valence-electron chi connectivity index (χ4n) is 4.62. The Bertz CT molecular complexity index is 1670. The van der Waals surface area contributed by atoms with Gasteiger partial charge in [-0.25, -0.2) is 4.98 Å². The monoisotopic (exact) mass is 709 g/mol. The number of benzene rings is 1. The van der Waals surface area contributed by atoms with Gasteiger partial charge in [-0.3, -0.25) is 18.8 Å². The predicted octanol–water partition coefficient (Wildman–Crippen LogP) is 1.34. The van der Waals surface area contributed by atoms with Crippen molar-refractivity contribution in [2.45, 2.75) is 38.9 Å². The third kappa shape index (κ3) is 10.2. The van der Waals surface area contributed by atoms with Crippen LogP contribution >= 0.6 is 11.3 Å². The van der Waals surface area contributed by atoms with Crippen molar-refractivity contribution in [1.82, 2.24) is 25.1 Å². The number of quaternary nitrogens is 1. The third-order valence-corrected chi connectivity index (χ3v) is 9.09. The molecule has 3 heterocycles. The van der Waals surface area contributed by atoms with Crippen molar-refractivity contribution in [3.05, 3.63) is 47.7 Å². The molecule has 0 bridgehead atoms. The minimum atomic E-state index is -5.00. The lowest BCUT2D eigenvalue weighted by atomic mass is 9.95. The molecule has 1 fully saturated rings. The Morgan fingerprint density at radius 1 is 1.27 bits per heavy atom. The highest BCUT2D eigenvalue weighted by atomic mass is 32.3. The van der Waals surface area contributed by atoms with Gasteiger partial charge in [-0.05, 0) is 38.5 Å². The van der Waals surface area contributed by atoms with Gasteiger partial charge < -0.3 is 29.8 Å². The summed E-state index contributed by atoms with van der Waals surface area (Å²) in [6.07, 6.45) is 3.94. The average Bonchev–Trinajstić information content (AvgIpc) is 3.70. The maximum atomic E-state index is 13.2. The van der Waals surface area contributed by atoms with E-state index in [0.717, 1.165) is 66.3 Å². The molecule has 0 aliphatic carbocycles. The van der Waals surface area contributed by atoms with Crippen LogP contribution in [0.15, 0.2) is 47.2 Å². The van der Waals surface area contributed by atoms with Crippen LogP contribution in [-0.4, -0.2) is 120 Å². The summed E-state index contributed by atoms with van der Waals surface area (Å²) in [4.78, 5) is 34.2. The van der Waals surface area contributed by atoms with E-state index in [9.17, 15) is 18.0 Å². The number of hydrogen-bond donors (Lipinski definition) is 3. The predicted molar refractivity (Wildman–Crippen MR) is 176 cm³/mol. The van der Waals surface area contributed by atoms with Crippen molar-refractivity contribution < 1.29 is 45.6 Å². The standard InChI is InChI=1S/C29H40N8O9S2/c1-21(29(2,3)36(20-38)46-48(40,41)42)32-27(39)26(25-19-47-28(30)33-25)34-45-16-15-44-24-7-5-22(6-8-24)23-17-31-35(18-23)9-10-37(4)11-13-43-14-12-37/h5-8,17-21H,9-16H2,1-4H3,(H3-,30,32,33,39,40,41,42)/p+1/b34-26-. The van der Waals surface area contributed by atoms with Crippen molar-refractivity contribution in [3.63, 3.8) is 0 Å². The zero-order valence-electron chi connectivity index (χ0n) is 27.1. The van der Waals surface area contributed by atoms with Crippen molar-refractivity contribution >= 4 is 44.9 Å². The highest BCUT2D eigenvalue weighted by Gasteiger charge is 2.38. The molecule has 17 nitrogen and oxygen atoms in total. The number of nitrogens with two attached hydrogens (primary N) is 1. The summed E-state index contributed by atoms with van der Waals surface area (Å²) in [6.45, 7) is 9.82. The zero-order valence-corrected chi connectivity index (χ0v) is 28.8. The Hall–Kier alpha value is -4.14. The minimum absolute atomic E-state index is 0.0172. The number of hydrogen-bond acceptors (Lipinski definition) is 13. The Balaban J connectivity index is 1.30. The number of ether oxygens (including phenoxy) is 2. The first-order valence-electron chi connectivity index (χ1n) is 15.0. The molecule has 4 rings (SSSR count). The maximum absolute atomic E-state index is 13.2. The third-order valence-electron chi connectivity index (χ3n) is 8.07. The van der Waals surface area contributed by atoms with Crippen LogP contribution in [0.2, 0.25) is 0 Å². The summed E-state index contributed by atoms with van der Waals surface area (Å²) < 4.78 is 49.9. The van der Waals surface area contributed by atoms with Gasteiger partial charge in [0.1, 0.15) is 31.1 Å². The van der Waals surface area contributed by atoms with E-state index in [1.54, 1.807) is 0 Å². The van der Waals surface area contributed by atoms with Crippen LogP contribution in [-0.2, 0) is 40.4 Å². The molecular formula is C29H41N8O9S2+. The van der Waals surface area contributed by atoms with E-state index in [1.165, 1.54) is 26.2 Å². The number of morpholine rings is 1. The number of carbonyl (C=O) groups is 2. The van der Waals surface area contributed by atoms with Gasteiger partial charge in [0, 0.05) is 17.1 Å². The highest BCUT2D eigenvalue weighted by molar-refractivity contribution is 7.80. The van der Waals surface area contributed by atoms with E-state index in [1.807, 2.05) is 41.3 Å². The Kier molecular flexibility index (Phi) is 12.1. The first-order valence-corrected chi connectivity index (χ1v) is 17.2.